The van der Waals surface area contributed by atoms with Gasteiger partial charge in [0.05, 0.1) is 12.7 Å². The number of aryl methyl sites for hydroxylation is 1. The Morgan fingerprint density at radius 3 is 2.55 bits per heavy atom. The van der Waals surface area contributed by atoms with Crippen molar-refractivity contribution in [3.8, 4) is 11.5 Å². The molecule has 1 amide bonds. The van der Waals surface area contributed by atoms with Crippen molar-refractivity contribution in [2.75, 3.05) is 12.4 Å². The van der Waals surface area contributed by atoms with Gasteiger partial charge in [0.1, 0.15) is 11.6 Å². The van der Waals surface area contributed by atoms with Crippen molar-refractivity contribution in [2.45, 2.75) is 45.1 Å². The number of para-hydroxylation sites is 1. The lowest BCUT2D eigenvalue weighted by Crippen LogP contribution is -2.14. The van der Waals surface area contributed by atoms with Gasteiger partial charge in [0, 0.05) is 32.4 Å². The molecule has 1 aromatic heterocycles. The van der Waals surface area contributed by atoms with Gasteiger partial charge >= 0.3 is 0 Å². The van der Waals surface area contributed by atoms with Crippen LogP contribution in [-0.2, 0) is 19.4 Å². The summed E-state index contributed by atoms with van der Waals surface area (Å²) in [7, 11) is 1.60. The van der Waals surface area contributed by atoms with E-state index >= 15 is 0 Å². The second-order valence-electron chi connectivity index (χ2n) is 9.61. The Hall–Kier alpha value is -3.32. The topological polar surface area (TPSA) is 59.9 Å². The summed E-state index contributed by atoms with van der Waals surface area (Å²) in [6.45, 7) is 0.278. The number of methoxy groups -OCH3 is 1. The zero-order valence-electron chi connectivity index (χ0n) is 22.2. The van der Waals surface area contributed by atoms with E-state index in [0.717, 1.165) is 53.1 Å². The lowest BCUT2D eigenvalue weighted by Gasteiger charge is -2.12. The van der Waals surface area contributed by atoms with Crippen LogP contribution >= 0.6 is 34.5 Å². The molecule has 1 aliphatic carbocycles. The number of amides is 1. The monoisotopic (exact) mass is 592 g/mol. The van der Waals surface area contributed by atoms with Crippen LogP contribution in [0.25, 0.3) is 0 Å². The Morgan fingerprint density at radius 2 is 1.77 bits per heavy atom. The summed E-state index contributed by atoms with van der Waals surface area (Å²) in [4.78, 5) is 19.6. The predicted molar refractivity (Wildman–Crippen MR) is 166 cm³/mol. The standard InChI is InChI=1S/C32H30Cl2N2O3S/c1-38-28-17-21(13-16-27(28)39-20-22-14-15-23(33)18-26(22)34)19-35-32-30(31(37)36-24-9-5-4-6-10-24)25-11-7-2-3-8-12-29(25)40-32/h4-6,9-10,13-19H,2-3,7-8,11-12,20H2,1H3,(H,36,37). The van der Waals surface area contributed by atoms with Crippen LogP contribution in [0.4, 0.5) is 10.7 Å². The average molecular weight is 594 g/mol. The molecular weight excluding hydrogens is 563 g/mol. The van der Waals surface area contributed by atoms with Crippen LogP contribution < -0.4 is 14.8 Å². The van der Waals surface area contributed by atoms with E-state index in [0.29, 0.717) is 27.1 Å². The molecule has 40 heavy (non-hydrogen) atoms. The Labute approximate surface area is 248 Å². The minimum absolute atomic E-state index is 0.112. The number of fused-ring (bicyclic) bond motifs is 1. The quantitative estimate of drug-likeness (QED) is 0.207. The first-order valence-electron chi connectivity index (χ1n) is 13.3. The molecule has 5 nitrogen and oxygen atoms in total. The molecule has 0 spiro atoms. The molecule has 0 saturated carbocycles. The highest BCUT2D eigenvalue weighted by Gasteiger charge is 2.24. The molecule has 3 aromatic carbocycles. The predicted octanol–water partition coefficient (Wildman–Crippen LogP) is 9.30. The van der Waals surface area contributed by atoms with Crippen LogP contribution in [0, 0.1) is 0 Å². The lowest BCUT2D eigenvalue weighted by atomic mass is 9.96. The van der Waals surface area contributed by atoms with Crippen LogP contribution in [0.3, 0.4) is 0 Å². The number of hydrogen-bond acceptors (Lipinski definition) is 5. The van der Waals surface area contributed by atoms with E-state index in [1.807, 2.05) is 54.6 Å². The molecule has 1 N–H and O–H groups in total. The molecule has 0 unspecified atom stereocenters. The minimum atomic E-state index is -0.112. The number of benzene rings is 3. The maximum absolute atomic E-state index is 13.5. The summed E-state index contributed by atoms with van der Waals surface area (Å²) < 4.78 is 11.6. The Balaban J connectivity index is 1.39. The number of thiophene rings is 1. The van der Waals surface area contributed by atoms with Crippen molar-refractivity contribution in [1.29, 1.82) is 0 Å². The van der Waals surface area contributed by atoms with E-state index in [2.05, 4.69) is 5.32 Å². The molecule has 0 saturated heterocycles. The SMILES string of the molecule is COc1cc(C=Nc2sc3c(c2C(=O)Nc2ccccc2)CCCCCC3)ccc1OCc1ccc(Cl)cc1Cl. The van der Waals surface area contributed by atoms with Gasteiger partial charge in [0.25, 0.3) is 5.91 Å². The molecular formula is C32H30Cl2N2O3S. The second kappa shape index (κ2) is 13.4. The van der Waals surface area contributed by atoms with Crippen molar-refractivity contribution in [3.63, 3.8) is 0 Å². The molecule has 4 aromatic rings. The third-order valence-electron chi connectivity index (χ3n) is 6.83. The van der Waals surface area contributed by atoms with Gasteiger partial charge in [-0.1, -0.05) is 60.3 Å². The molecule has 206 valence electrons. The van der Waals surface area contributed by atoms with Crippen LogP contribution in [0.1, 0.15) is 57.6 Å². The number of rotatable bonds is 8. The summed E-state index contributed by atoms with van der Waals surface area (Å²) >= 11 is 13.9. The number of nitrogens with one attached hydrogen (secondary N) is 1. The Bertz CT molecular complexity index is 1520. The fourth-order valence-corrected chi connectivity index (χ4v) is 6.45. The summed E-state index contributed by atoms with van der Waals surface area (Å²) in [6, 6.07) is 20.5. The first kappa shape index (κ1) is 28.2. The number of carbonyl (C=O) groups is 1. The summed E-state index contributed by atoms with van der Waals surface area (Å²) in [5.41, 5.74) is 4.27. The minimum Gasteiger partial charge on any atom is -0.493 e. The third kappa shape index (κ3) is 6.87. The molecule has 0 bridgehead atoms. The van der Waals surface area contributed by atoms with E-state index in [1.54, 1.807) is 36.8 Å². The van der Waals surface area contributed by atoms with E-state index in [4.69, 9.17) is 37.7 Å². The van der Waals surface area contributed by atoms with Crippen molar-refractivity contribution in [3.05, 3.63) is 104 Å². The van der Waals surface area contributed by atoms with Crippen molar-refractivity contribution in [2.24, 2.45) is 4.99 Å². The summed E-state index contributed by atoms with van der Waals surface area (Å²) in [6.07, 6.45) is 8.29. The maximum atomic E-state index is 13.5. The van der Waals surface area contributed by atoms with Gasteiger partial charge < -0.3 is 14.8 Å². The van der Waals surface area contributed by atoms with Gasteiger partial charge in [-0.2, -0.15) is 0 Å². The molecule has 0 atom stereocenters. The van der Waals surface area contributed by atoms with Crippen molar-refractivity contribution < 1.29 is 14.3 Å². The molecule has 0 aliphatic heterocycles. The van der Waals surface area contributed by atoms with E-state index < -0.39 is 0 Å². The molecule has 8 heteroatoms. The molecule has 1 heterocycles. The van der Waals surface area contributed by atoms with Crippen LogP contribution in [0.2, 0.25) is 10.0 Å². The molecule has 5 rings (SSSR count). The molecule has 1 aliphatic rings. The normalized spacial score (nSPS) is 13.4. The van der Waals surface area contributed by atoms with Gasteiger partial charge in [0.15, 0.2) is 11.5 Å². The number of ether oxygens (including phenoxy) is 2. The first-order chi connectivity index (χ1) is 19.5. The summed E-state index contributed by atoms with van der Waals surface area (Å²) in [5, 5.41) is 4.93. The van der Waals surface area contributed by atoms with Gasteiger partial charge in [-0.05, 0) is 79.3 Å². The number of halogens is 2. The third-order valence-corrected chi connectivity index (χ3v) is 8.62. The number of aliphatic imine (C=N–C) groups is 1. The summed E-state index contributed by atoms with van der Waals surface area (Å²) in [5.74, 6) is 1.06. The highest BCUT2D eigenvalue weighted by Crippen LogP contribution is 2.39. The number of nitrogens with zero attached hydrogens (tertiary/aromatic N) is 1. The zero-order chi connectivity index (χ0) is 27.9. The largest absolute Gasteiger partial charge is 0.493 e. The van der Waals surface area contributed by atoms with Crippen LogP contribution in [0.5, 0.6) is 11.5 Å². The van der Waals surface area contributed by atoms with Gasteiger partial charge in [-0.15, -0.1) is 11.3 Å². The van der Waals surface area contributed by atoms with Gasteiger partial charge in [-0.25, -0.2) is 4.99 Å². The van der Waals surface area contributed by atoms with Crippen LogP contribution in [0.15, 0.2) is 71.7 Å². The van der Waals surface area contributed by atoms with E-state index in [1.165, 1.54) is 17.7 Å². The number of hydrogen-bond donors (Lipinski definition) is 1. The fourth-order valence-electron chi connectivity index (χ4n) is 4.76. The highest BCUT2D eigenvalue weighted by atomic mass is 35.5. The van der Waals surface area contributed by atoms with E-state index in [9.17, 15) is 4.79 Å². The number of carbonyl (C=O) groups excluding carboxylic acids is 1. The maximum Gasteiger partial charge on any atom is 0.259 e. The second-order valence-corrected chi connectivity index (χ2v) is 11.5. The Morgan fingerprint density at radius 1 is 0.975 bits per heavy atom. The molecule has 0 fully saturated rings. The molecule has 0 radical (unpaired) electrons. The van der Waals surface area contributed by atoms with Crippen molar-refractivity contribution >= 4 is 57.3 Å². The van der Waals surface area contributed by atoms with Crippen molar-refractivity contribution in [1.82, 2.24) is 0 Å². The Kier molecular flexibility index (Phi) is 9.42. The lowest BCUT2D eigenvalue weighted by molar-refractivity contribution is 0.102. The van der Waals surface area contributed by atoms with E-state index in [-0.39, 0.29) is 12.5 Å². The fraction of sp³-hybridized carbons (Fsp3) is 0.250. The number of anilines is 1. The smallest absolute Gasteiger partial charge is 0.259 e. The average Bonchev–Trinajstić information content (AvgIpc) is 3.28. The van der Waals surface area contributed by atoms with Gasteiger partial charge in [-0.3, -0.25) is 4.79 Å². The van der Waals surface area contributed by atoms with Gasteiger partial charge in [0.2, 0.25) is 0 Å². The van der Waals surface area contributed by atoms with Crippen LogP contribution in [-0.4, -0.2) is 19.2 Å². The first-order valence-corrected chi connectivity index (χ1v) is 14.9. The zero-order valence-corrected chi connectivity index (χ0v) is 24.5. The highest BCUT2D eigenvalue weighted by molar-refractivity contribution is 7.16.